The van der Waals surface area contributed by atoms with Gasteiger partial charge in [0, 0.05) is 18.3 Å². The first-order chi connectivity index (χ1) is 9.69. The number of hydrogen-bond acceptors (Lipinski definition) is 7. The lowest BCUT2D eigenvalue weighted by Gasteiger charge is -2.07. The number of nitrogens with zero attached hydrogens (tertiary/aromatic N) is 3. The van der Waals surface area contributed by atoms with Gasteiger partial charge in [0.2, 0.25) is 5.89 Å². The van der Waals surface area contributed by atoms with Crippen LogP contribution in [0.4, 0.5) is 6.01 Å². The zero-order valence-electron chi connectivity index (χ0n) is 12.1. The van der Waals surface area contributed by atoms with Crippen molar-refractivity contribution in [2.75, 3.05) is 18.4 Å². The van der Waals surface area contributed by atoms with Crippen LogP contribution in [0.25, 0.3) is 0 Å². The van der Waals surface area contributed by atoms with Crippen LogP contribution < -0.4 is 10.6 Å². The first-order valence-corrected chi connectivity index (χ1v) is 7.78. The molecule has 2 aromatic rings. The maximum atomic E-state index is 5.57. The minimum atomic E-state index is 0.0826. The second-order valence-electron chi connectivity index (χ2n) is 4.66. The Bertz CT molecular complexity index is 524. The summed E-state index contributed by atoms with van der Waals surface area (Å²) in [4.78, 5) is 4.41. The highest BCUT2D eigenvalue weighted by Gasteiger charge is 2.12. The number of hydrogen-bond donors (Lipinski definition) is 2. The lowest BCUT2D eigenvalue weighted by Crippen LogP contribution is -2.19. The van der Waals surface area contributed by atoms with Crippen molar-refractivity contribution >= 4 is 17.4 Å². The van der Waals surface area contributed by atoms with Crippen LogP contribution >= 0.6 is 11.3 Å². The maximum Gasteiger partial charge on any atom is 0.315 e. The third-order valence-electron chi connectivity index (χ3n) is 2.84. The highest BCUT2D eigenvalue weighted by atomic mass is 32.1. The second kappa shape index (κ2) is 7.35. The summed E-state index contributed by atoms with van der Waals surface area (Å²) in [6.07, 6.45) is 1.93. The first kappa shape index (κ1) is 14.9. The van der Waals surface area contributed by atoms with Crippen molar-refractivity contribution in [2.45, 2.75) is 39.7 Å². The van der Waals surface area contributed by atoms with Crippen molar-refractivity contribution in [3.8, 4) is 0 Å². The Morgan fingerprint density at radius 3 is 2.90 bits per heavy atom. The summed E-state index contributed by atoms with van der Waals surface area (Å²) in [6.45, 7) is 7.83. The van der Waals surface area contributed by atoms with E-state index in [0.717, 1.165) is 36.6 Å². The van der Waals surface area contributed by atoms with E-state index in [1.807, 2.05) is 13.8 Å². The predicted molar refractivity (Wildman–Crippen MR) is 80.1 cm³/mol. The molecule has 6 nitrogen and oxygen atoms in total. The fraction of sp³-hybridized carbons (Fsp3) is 0.615. The fourth-order valence-corrected chi connectivity index (χ4v) is 2.40. The molecule has 7 heteroatoms. The number of anilines is 1. The van der Waals surface area contributed by atoms with Crippen molar-refractivity contribution in [1.29, 1.82) is 0 Å². The number of nitrogens with one attached hydrogen (secondary N) is 2. The quantitative estimate of drug-likeness (QED) is 0.779. The monoisotopic (exact) mass is 295 g/mol. The van der Waals surface area contributed by atoms with E-state index in [1.165, 1.54) is 0 Å². The van der Waals surface area contributed by atoms with Gasteiger partial charge in [0.15, 0.2) is 0 Å². The second-order valence-corrected chi connectivity index (χ2v) is 5.72. The normalized spacial score (nSPS) is 12.6. The molecule has 0 aliphatic rings. The van der Waals surface area contributed by atoms with E-state index in [-0.39, 0.29) is 6.04 Å². The summed E-state index contributed by atoms with van der Waals surface area (Å²) < 4.78 is 5.57. The third kappa shape index (κ3) is 4.28. The minimum Gasteiger partial charge on any atom is -0.406 e. The van der Waals surface area contributed by atoms with Crippen LogP contribution in [0.2, 0.25) is 0 Å². The van der Waals surface area contributed by atoms with Crippen LogP contribution in [-0.2, 0) is 6.42 Å². The van der Waals surface area contributed by atoms with Crippen molar-refractivity contribution < 1.29 is 4.42 Å². The molecule has 0 spiro atoms. The summed E-state index contributed by atoms with van der Waals surface area (Å²) >= 11 is 1.67. The molecular weight excluding hydrogens is 274 g/mol. The van der Waals surface area contributed by atoms with E-state index in [2.05, 4.69) is 38.1 Å². The molecule has 2 aromatic heterocycles. The van der Waals surface area contributed by atoms with E-state index in [9.17, 15) is 0 Å². The molecule has 0 amide bonds. The Kier molecular flexibility index (Phi) is 5.49. The zero-order chi connectivity index (χ0) is 14.4. The Morgan fingerprint density at radius 2 is 2.20 bits per heavy atom. The van der Waals surface area contributed by atoms with Gasteiger partial charge in [-0.1, -0.05) is 12.0 Å². The highest BCUT2D eigenvalue weighted by molar-refractivity contribution is 7.09. The van der Waals surface area contributed by atoms with Gasteiger partial charge >= 0.3 is 6.01 Å². The van der Waals surface area contributed by atoms with Crippen molar-refractivity contribution in [3.05, 3.63) is 22.0 Å². The third-order valence-corrected chi connectivity index (χ3v) is 3.66. The molecule has 0 radical (unpaired) electrons. The molecule has 0 aromatic carbocycles. The highest BCUT2D eigenvalue weighted by Crippen LogP contribution is 2.14. The molecule has 2 rings (SSSR count). The van der Waals surface area contributed by atoms with E-state index in [0.29, 0.717) is 11.9 Å². The molecule has 0 aliphatic carbocycles. The Hall–Kier alpha value is -1.47. The van der Waals surface area contributed by atoms with Gasteiger partial charge in [0.25, 0.3) is 0 Å². The molecule has 20 heavy (non-hydrogen) atoms. The molecule has 0 aliphatic heterocycles. The molecule has 2 N–H and O–H groups in total. The molecular formula is C13H21N5OS. The van der Waals surface area contributed by atoms with Gasteiger partial charge in [-0.3, -0.25) is 0 Å². The van der Waals surface area contributed by atoms with Gasteiger partial charge in [0.1, 0.15) is 0 Å². The van der Waals surface area contributed by atoms with Crippen molar-refractivity contribution in [3.63, 3.8) is 0 Å². The average molecular weight is 295 g/mol. The average Bonchev–Trinajstić information content (AvgIpc) is 3.05. The summed E-state index contributed by atoms with van der Waals surface area (Å²) in [7, 11) is 0. The fourth-order valence-electron chi connectivity index (χ4n) is 1.75. The predicted octanol–water partition coefficient (Wildman–Crippen LogP) is 2.55. The van der Waals surface area contributed by atoms with Crippen molar-refractivity contribution in [2.24, 2.45) is 0 Å². The minimum absolute atomic E-state index is 0.0826. The molecule has 1 unspecified atom stereocenters. The summed E-state index contributed by atoms with van der Waals surface area (Å²) in [6, 6.07) is 0.552. The Morgan fingerprint density at radius 1 is 1.35 bits per heavy atom. The first-order valence-electron chi connectivity index (χ1n) is 6.90. The van der Waals surface area contributed by atoms with Gasteiger partial charge in [-0.15, -0.1) is 16.4 Å². The Labute approximate surface area is 123 Å². The van der Waals surface area contributed by atoms with Crippen molar-refractivity contribution in [1.82, 2.24) is 20.5 Å². The standard InChI is InChI=1S/C13H21N5OS/c1-4-6-14-9(2)12-17-18-13(19-12)15-7-5-11-8-20-10(3)16-11/h8-9,14H,4-7H2,1-3H3,(H,15,18). The summed E-state index contributed by atoms with van der Waals surface area (Å²) in [5, 5.41) is 17.7. The topological polar surface area (TPSA) is 75.9 Å². The van der Waals surface area contributed by atoms with Crippen LogP contribution in [0.5, 0.6) is 0 Å². The molecule has 0 saturated carbocycles. The molecule has 1 atom stereocenters. The van der Waals surface area contributed by atoms with Gasteiger partial charge in [-0.2, -0.15) is 0 Å². The number of aromatic nitrogens is 3. The van der Waals surface area contributed by atoms with E-state index < -0.39 is 0 Å². The van der Waals surface area contributed by atoms with Crippen LogP contribution in [0.1, 0.15) is 42.9 Å². The smallest absolute Gasteiger partial charge is 0.315 e. The maximum absolute atomic E-state index is 5.57. The molecule has 0 fully saturated rings. The van der Waals surface area contributed by atoms with Gasteiger partial charge in [-0.05, 0) is 26.8 Å². The summed E-state index contributed by atoms with van der Waals surface area (Å²) in [5.41, 5.74) is 1.10. The molecule has 110 valence electrons. The largest absolute Gasteiger partial charge is 0.406 e. The zero-order valence-corrected chi connectivity index (χ0v) is 13.0. The lowest BCUT2D eigenvalue weighted by molar-refractivity contribution is 0.423. The van der Waals surface area contributed by atoms with Crippen LogP contribution in [-0.4, -0.2) is 28.3 Å². The molecule has 2 heterocycles. The molecule has 0 bridgehead atoms. The van der Waals surface area contributed by atoms with E-state index in [4.69, 9.17) is 4.42 Å². The number of rotatable bonds is 8. The van der Waals surface area contributed by atoms with Crippen LogP contribution in [0.3, 0.4) is 0 Å². The Balaban J connectivity index is 1.77. The van der Waals surface area contributed by atoms with Crippen LogP contribution in [0.15, 0.2) is 9.80 Å². The van der Waals surface area contributed by atoms with E-state index in [1.54, 1.807) is 11.3 Å². The van der Waals surface area contributed by atoms with E-state index >= 15 is 0 Å². The molecule has 0 saturated heterocycles. The van der Waals surface area contributed by atoms with Gasteiger partial charge < -0.3 is 15.1 Å². The number of aryl methyl sites for hydroxylation is 1. The number of thiazole rings is 1. The SMILES string of the molecule is CCCNC(C)c1nnc(NCCc2csc(C)n2)o1. The van der Waals surface area contributed by atoms with Gasteiger partial charge in [-0.25, -0.2) is 4.98 Å². The van der Waals surface area contributed by atoms with Crippen LogP contribution in [0, 0.1) is 6.92 Å². The lowest BCUT2D eigenvalue weighted by atomic mass is 10.3. The summed E-state index contributed by atoms with van der Waals surface area (Å²) in [5.74, 6) is 0.616. The van der Waals surface area contributed by atoms with Gasteiger partial charge in [0.05, 0.1) is 16.7 Å².